The van der Waals surface area contributed by atoms with Crippen LogP contribution in [0.5, 0.6) is 0 Å². The molecule has 0 saturated carbocycles. The van der Waals surface area contributed by atoms with Gasteiger partial charge < -0.3 is 9.84 Å². The van der Waals surface area contributed by atoms with Crippen LogP contribution in [-0.4, -0.2) is 29.4 Å². The Balaban J connectivity index is 1.91. The van der Waals surface area contributed by atoms with Crippen molar-refractivity contribution in [2.45, 2.75) is 52.5 Å². The maximum Gasteiger partial charge on any atom is 0.338 e. The van der Waals surface area contributed by atoms with E-state index >= 15 is 0 Å². The van der Waals surface area contributed by atoms with E-state index in [1.807, 2.05) is 62.4 Å². The molecule has 1 fully saturated rings. The molecule has 3 aromatic carbocycles. The summed E-state index contributed by atoms with van der Waals surface area (Å²) < 4.78 is 5.26. The normalized spacial score (nSPS) is 17.1. The maximum absolute atomic E-state index is 13.5. The number of anilines is 1. The first-order valence-corrected chi connectivity index (χ1v) is 12.8. The van der Waals surface area contributed by atoms with Crippen molar-refractivity contribution in [3.8, 4) is 0 Å². The highest BCUT2D eigenvalue weighted by Crippen LogP contribution is 2.43. The Morgan fingerprint density at radius 3 is 2.34 bits per heavy atom. The number of amides is 1. The number of aliphatic hydroxyl groups is 1. The van der Waals surface area contributed by atoms with Gasteiger partial charge in [0.25, 0.3) is 11.7 Å². The van der Waals surface area contributed by atoms with Gasteiger partial charge in [0.1, 0.15) is 5.76 Å². The smallest absolute Gasteiger partial charge is 0.338 e. The fraction of sp³-hybridized carbons (Fsp3) is 0.281. The molecular formula is C32H33NO5. The SMILES string of the molecule is CCCOC(=O)c1cccc(N2C(=O)C(=O)/C(=C(/O)c3cc(C(C)(C)C)ccc3C)C2c2ccccc2)c1. The van der Waals surface area contributed by atoms with Crippen LogP contribution >= 0.6 is 0 Å². The van der Waals surface area contributed by atoms with Crippen LogP contribution in [0.3, 0.4) is 0 Å². The van der Waals surface area contributed by atoms with E-state index in [1.165, 1.54) is 4.90 Å². The molecule has 1 heterocycles. The second-order valence-corrected chi connectivity index (χ2v) is 10.5. The molecule has 1 atom stereocenters. The van der Waals surface area contributed by atoms with E-state index in [0.717, 1.165) is 11.1 Å². The van der Waals surface area contributed by atoms with Crippen molar-refractivity contribution in [1.29, 1.82) is 0 Å². The number of carbonyl (C=O) groups is 3. The number of esters is 1. The van der Waals surface area contributed by atoms with Crippen LogP contribution in [0.15, 0.2) is 78.4 Å². The van der Waals surface area contributed by atoms with E-state index in [0.29, 0.717) is 23.2 Å². The standard InChI is InChI=1S/C32H33NO5/c1-6-17-38-31(37)22-13-10-14-24(18-22)33-27(21-11-8-7-9-12-21)26(29(35)30(33)36)28(34)25-19-23(32(3,4)5)16-15-20(25)2/h7-16,18-19,27,34H,6,17H2,1-5H3/b28-26+. The fourth-order valence-corrected chi connectivity index (χ4v) is 4.60. The number of rotatable bonds is 6. The van der Waals surface area contributed by atoms with Gasteiger partial charge in [-0.2, -0.15) is 0 Å². The predicted molar refractivity (Wildman–Crippen MR) is 148 cm³/mol. The van der Waals surface area contributed by atoms with Crippen molar-refractivity contribution in [3.63, 3.8) is 0 Å². The van der Waals surface area contributed by atoms with Gasteiger partial charge >= 0.3 is 5.97 Å². The van der Waals surface area contributed by atoms with E-state index in [1.54, 1.807) is 24.3 Å². The molecule has 1 saturated heterocycles. The summed E-state index contributed by atoms with van der Waals surface area (Å²) in [6.45, 7) is 10.3. The average Bonchev–Trinajstić information content (AvgIpc) is 3.17. The van der Waals surface area contributed by atoms with Gasteiger partial charge in [0.15, 0.2) is 0 Å². The number of aryl methyl sites for hydroxylation is 1. The lowest BCUT2D eigenvalue weighted by Gasteiger charge is -2.26. The molecule has 1 N–H and O–H groups in total. The minimum atomic E-state index is -0.879. The molecule has 0 aromatic heterocycles. The van der Waals surface area contributed by atoms with Crippen LogP contribution in [0.4, 0.5) is 5.69 Å². The molecule has 0 spiro atoms. The molecule has 1 aliphatic rings. The number of nitrogens with zero attached hydrogens (tertiary/aromatic N) is 1. The first kappa shape index (κ1) is 26.9. The lowest BCUT2D eigenvalue weighted by atomic mass is 9.84. The summed E-state index contributed by atoms with van der Waals surface area (Å²) in [4.78, 5) is 40.9. The Hall–Kier alpha value is -4.19. The molecule has 1 unspecified atom stereocenters. The number of ether oxygens (including phenoxy) is 1. The summed E-state index contributed by atoms with van der Waals surface area (Å²) in [5.41, 5.74) is 3.42. The van der Waals surface area contributed by atoms with Gasteiger partial charge in [-0.05, 0) is 59.7 Å². The molecule has 0 bridgehead atoms. The Morgan fingerprint density at radius 2 is 1.68 bits per heavy atom. The van der Waals surface area contributed by atoms with Crippen LogP contribution in [0, 0.1) is 6.92 Å². The Bertz CT molecular complexity index is 1420. The molecule has 0 aliphatic carbocycles. The van der Waals surface area contributed by atoms with E-state index in [9.17, 15) is 19.5 Å². The number of aliphatic hydroxyl groups excluding tert-OH is 1. The fourth-order valence-electron chi connectivity index (χ4n) is 4.60. The summed E-state index contributed by atoms with van der Waals surface area (Å²) in [5.74, 6) is -2.28. The van der Waals surface area contributed by atoms with Crippen molar-refractivity contribution < 1.29 is 24.2 Å². The molecule has 3 aromatic rings. The highest BCUT2D eigenvalue weighted by Gasteiger charge is 2.47. The highest BCUT2D eigenvalue weighted by atomic mass is 16.5. The molecule has 4 rings (SSSR count). The van der Waals surface area contributed by atoms with Gasteiger partial charge in [-0.25, -0.2) is 4.79 Å². The van der Waals surface area contributed by atoms with Gasteiger partial charge in [-0.15, -0.1) is 0 Å². The summed E-state index contributed by atoms with van der Waals surface area (Å²) >= 11 is 0. The molecule has 38 heavy (non-hydrogen) atoms. The van der Waals surface area contributed by atoms with E-state index < -0.39 is 23.7 Å². The number of carbonyl (C=O) groups excluding carboxylic acids is 3. The summed E-state index contributed by atoms with van der Waals surface area (Å²) in [5, 5.41) is 11.6. The number of ketones is 1. The monoisotopic (exact) mass is 511 g/mol. The molecule has 1 aliphatic heterocycles. The third-order valence-electron chi connectivity index (χ3n) is 6.72. The highest BCUT2D eigenvalue weighted by molar-refractivity contribution is 6.51. The largest absolute Gasteiger partial charge is 0.507 e. The average molecular weight is 512 g/mol. The van der Waals surface area contributed by atoms with E-state index in [-0.39, 0.29) is 28.9 Å². The minimum Gasteiger partial charge on any atom is -0.507 e. The molecule has 6 nitrogen and oxygen atoms in total. The quantitative estimate of drug-likeness (QED) is 0.177. The van der Waals surface area contributed by atoms with Crippen LogP contribution in [0.2, 0.25) is 0 Å². The summed E-state index contributed by atoms with van der Waals surface area (Å²) in [6.07, 6.45) is 0.684. The van der Waals surface area contributed by atoms with Crippen molar-refractivity contribution in [3.05, 3.63) is 106 Å². The third-order valence-corrected chi connectivity index (χ3v) is 6.72. The van der Waals surface area contributed by atoms with E-state index in [2.05, 4.69) is 20.8 Å². The van der Waals surface area contributed by atoms with Crippen molar-refractivity contribution in [2.75, 3.05) is 11.5 Å². The van der Waals surface area contributed by atoms with Crippen molar-refractivity contribution in [1.82, 2.24) is 0 Å². The van der Waals surface area contributed by atoms with Gasteiger partial charge in [0.05, 0.1) is 23.8 Å². The summed E-state index contributed by atoms with van der Waals surface area (Å²) in [6, 6.07) is 20.5. The lowest BCUT2D eigenvalue weighted by Crippen LogP contribution is -2.29. The number of benzene rings is 3. The van der Waals surface area contributed by atoms with Gasteiger partial charge in [-0.3, -0.25) is 14.5 Å². The molecule has 1 amide bonds. The number of hydrogen-bond acceptors (Lipinski definition) is 5. The molecule has 196 valence electrons. The Morgan fingerprint density at radius 1 is 0.974 bits per heavy atom. The molecular weight excluding hydrogens is 478 g/mol. The second kappa shape index (κ2) is 10.7. The topological polar surface area (TPSA) is 83.9 Å². The van der Waals surface area contributed by atoms with E-state index in [4.69, 9.17) is 4.74 Å². The van der Waals surface area contributed by atoms with Crippen molar-refractivity contribution >= 4 is 29.1 Å². The maximum atomic E-state index is 13.5. The zero-order chi connectivity index (χ0) is 27.6. The lowest BCUT2D eigenvalue weighted by molar-refractivity contribution is -0.132. The second-order valence-electron chi connectivity index (χ2n) is 10.5. The number of hydrogen-bond donors (Lipinski definition) is 1. The van der Waals surface area contributed by atoms with Crippen LogP contribution < -0.4 is 4.90 Å². The molecule has 6 heteroatoms. The zero-order valence-electron chi connectivity index (χ0n) is 22.4. The molecule has 0 radical (unpaired) electrons. The van der Waals surface area contributed by atoms with Crippen molar-refractivity contribution in [2.24, 2.45) is 0 Å². The predicted octanol–water partition coefficient (Wildman–Crippen LogP) is 6.49. The third kappa shape index (κ3) is 5.12. The first-order chi connectivity index (χ1) is 18.0. The Kier molecular flexibility index (Phi) is 7.53. The Labute approximate surface area is 223 Å². The van der Waals surface area contributed by atoms with Crippen LogP contribution in [0.25, 0.3) is 5.76 Å². The van der Waals surface area contributed by atoms with Crippen LogP contribution in [0.1, 0.15) is 72.8 Å². The first-order valence-electron chi connectivity index (χ1n) is 12.8. The number of Topliss-reactive ketones (excluding diaryl/α,β-unsaturated/α-hetero) is 1. The minimum absolute atomic E-state index is 0.00863. The summed E-state index contributed by atoms with van der Waals surface area (Å²) in [7, 11) is 0. The van der Waals surface area contributed by atoms with Gasteiger partial charge in [-0.1, -0.05) is 76.2 Å². The van der Waals surface area contributed by atoms with Gasteiger partial charge in [0, 0.05) is 11.3 Å². The van der Waals surface area contributed by atoms with Crippen LogP contribution in [-0.2, 0) is 19.7 Å². The van der Waals surface area contributed by atoms with Gasteiger partial charge in [0.2, 0.25) is 0 Å². The zero-order valence-corrected chi connectivity index (χ0v) is 22.4.